The van der Waals surface area contributed by atoms with Crippen molar-refractivity contribution in [3.05, 3.63) is 59.7 Å². The van der Waals surface area contributed by atoms with E-state index in [-0.39, 0.29) is 11.4 Å². The maximum Gasteiger partial charge on any atom is 0.319 e. The third kappa shape index (κ3) is 5.61. The summed E-state index contributed by atoms with van der Waals surface area (Å²) in [4.78, 5) is 11.8. The minimum Gasteiger partial charge on any atom is -0.492 e. The van der Waals surface area contributed by atoms with E-state index < -0.39 is 0 Å². The lowest BCUT2D eigenvalue weighted by Gasteiger charge is -2.19. The van der Waals surface area contributed by atoms with Gasteiger partial charge in [0.05, 0.1) is 6.54 Å². The van der Waals surface area contributed by atoms with Gasteiger partial charge in [0.15, 0.2) is 0 Å². The molecule has 0 radical (unpaired) electrons. The predicted molar refractivity (Wildman–Crippen MR) is 98.8 cm³/mol. The maximum absolute atomic E-state index is 11.8. The van der Waals surface area contributed by atoms with Crippen LogP contribution in [0.3, 0.4) is 0 Å². The summed E-state index contributed by atoms with van der Waals surface area (Å²) in [5.41, 5.74) is 3.34. The van der Waals surface area contributed by atoms with Crippen LogP contribution in [0.4, 0.5) is 10.5 Å². The van der Waals surface area contributed by atoms with Crippen LogP contribution >= 0.6 is 0 Å². The molecule has 0 spiro atoms. The van der Waals surface area contributed by atoms with Gasteiger partial charge < -0.3 is 15.4 Å². The van der Waals surface area contributed by atoms with E-state index in [1.807, 2.05) is 43.3 Å². The third-order valence-electron chi connectivity index (χ3n) is 3.69. The van der Waals surface area contributed by atoms with E-state index in [9.17, 15) is 4.79 Å². The van der Waals surface area contributed by atoms with Crippen molar-refractivity contribution in [3.63, 3.8) is 0 Å². The number of carbonyl (C=O) groups is 1. The van der Waals surface area contributed by atoms with E-state index >= 15 is 0 Å². The molecular formula is C20H26N2O2. The molecule has 0 bridgehead atoms. The van der Waals surface area contributed by atoms with E-state index in [0.29, 0.717) is 13.2 Å². The summed E-state index contributed by atoms with van der Waals surface area (Å²) in [5, 5.41) is 5.56. The second-order valence-corrected chi connectivity index (χ2v) is 6.87. The fourth-order valence-electron chi connectivity index (χ4n) is 2.20. The number of ether oxygens (including phenoxy) is 1. The van der Waals surface area contributed by atoms with Gasteiger partial charge in [0.2, 0.25) is 0 Å². The lowest BCUT2D eigenvalue weighted by molar-refractivity contribution is 0.247. The fraction of sp³-hybridized carbons (Fsp3) is 0.350. The highest BCUT2D eigenvalue weighted by Gasteiger charge is 2.12. The molecule has 2 aromatic carbocycles. The van der Waals surface area contributed by atoms with Crippen LogP contribution in [0.15, 0.2) is 48.5 Å². The largest absolute Gasteiger partial charge is 0.492 e. The number of hydrogen-bond acceptors (Lipinski definition) is 2. The van der Waals surface area contributed by atoms with Crippen molar-refractivity contribution >= 4 is 11.7 Å². The first-order chi connectivity index (χ1) is 11.3. The molecule has 128 valence electrons. The molecular weight excluding hydrogens is 300 g/mol. The summed E-state index contributed by atoms with van der Waals surface area (Å²) in [6.07, 6.45) is 0. The van der Waals surface area contributed by atoms with Crippen LogP contribution in [0.25, 0.3) is 0 Å². The van der Waals surface area contributed by atoms with Crippen LogP contribution in [0.1, 0.15) is 31.9 Å². The zero-order valence-corrected chi connectivity index (χ0v) is 14.8. The molecule has 0 atom stereocenters. The van der Waals surface area contributed by atoms with Crippen LogP contribution < -0.4 is 15.4 Å². The molecule has 24 heavy (non-hydrogen) atoms. The van der Waals surface area contributed by atoms with Gasteiger partial charge in [-0.2, -0.15) is 0 Å². The number of amides is 2. The molecule has 0 fully saturated rings. The summed E-state index contributed by atoms with van der Waals surface area (Å²) in [6.45, 7) is 9.42. The van der Waals surface area contributed by atoms with Crippen molar-refractivity contribution in [1.29, 1.82) is 0 Å². The number of nitrogens with one attached hydrogen (secondary N) is 2. The SMILES string of the molecule is Cc1ccc(NC(=O)NCCOc2ccc(C(C)(C)C)cc2)cc1. The van der Waals surface area contributed by atoms with Gasteiger partial charge in [-0.15, -0.1) is 0 Å². The Morgan fingerprint density at radius 3 is 2.21 bits per heavy atom. The minimum atomic E-state index is -0.231. The molecule has 4 nitrogen and oxygen atoms in total. The Labute approximate surface area is 144 Å². The summed E-state index contributed by atoms with van der Waals surface area (Å²) < 4.78 is 5.65. The van der Waals surface area contributed by atoms with Gasteiger partial charge in [-0.1, -0.05) is 50.6 Å². The second kappa shape index (κ2) is 7.86. The molecule has 0 aliphatic carbocycles. The molecule has 4 heteroatoms. The smallest absolute Gasteiger partial charge is 0.319 e. The molecule has 0 aromatic heterocycles. The van der Waals surface area contributed by atoms with Gasteiger partial charge in [0.25, 0.3) is 0 Å². The van der Waals surface area contributed by atoms with Crippen LogP contribution in [0.2, 0.25) is 0 Å². The molecule has 0 saturated carbocycles. The molecule has 0 aliphatic heterocycles. The van der Waals surface area contributed by atoms with E-state index in [2.05, 4.69) is 43.5 Å². The fourth-order valence-corrected chi connectivity index (χ4v) is 2.20. The minimum absolute atomic E-state index is 0.133. The molecule has 0 saturated heterocycles. The Hall–Kier alpha value is -2.49. The number of aryl methyl sites for hydroxylation is 1. The first-order valence-corrected chi connectivity index (χ1v) is 8.19. The van der Waals surface area contributed by atoms with Crippen molar-refractivity contribution < 1.29 is 9.53 Å². The Morgan fingerprint density at radius 2 is 1.62 bits per heavy atom. The number of anilines is 1. The quantitative estimate of drug-likeness (QED) is 0.795. The van der Waals surface area contributed by atoms with Crippen molar-refractivity contribution in [2.75, 3.05) is 18.5 Å². The Morgan fingerprint density at radius 1 is 1.00 bits per heavy atom. The summed E-state index contributed by atoms with van der Waals surface area (Å²) >= 11 is 0. The second-order valence-electron chi connectivity index (χ2n) is 6.87. The molecule has 2 N–H and O–H groups in total. The average molecular weight is 326 g/mol. The number of urea groups is 1. The standard InChI is InChI=1S/C20H26N2O2/c1-15-5-9-17(10-6-15)22-19(23)21-13-14-24-18-11-7-16(8-12-18)20(2,3)4/h5-12H,13-14H2,1-4H3,(H2,21,22,23). The zero-order chi connectivity index (χ0) is 17.6. The Kier molecular flexibility index (Phi) is 5.85. The molecule has 2 amide bonds. The Bertz CT molecular complexity index is 656. The average Bonchev–Trinajstić information content (AvgIpc) is 2.53. The lowest BCUT2D eigenvalue weighted by atomic mass is 9.87. The number of benzene rings is 2. The van der Waals surface area contributed by atoms with Crippen LogP contribution in [-0.4, -0.2) is 19.2 Å². The van der Waals surface area contributed by atoms with Gasteiger partial charge in [0, 0.05) is 5.69 Å². The summed E-state index contributed by atoms with van der Waals surface area (Å²) in [7, 11) is 0. The van der Waals surface area contributed by atoms with E-state index in [1.54, 1.807) is 0 Å². The van der Waals surface area contributed by atoms with Gasteiger partial charge >= 0.3 is 6.03 Å². The first kappa shape index (κ1) is 17.9. The Balaban J connectivity index is 1.70. The number of hydrogen-bond donors (Lipinski definition) is 2. The molecule has 0 heterocycles. The highest BCUT2D eigenvalue weighted by atomic mass is 16.5. The van der Waals surface area contributed by atoms with Crippen LogP contribution in [0, 0.1) is 6.92 Å². The lowest BCUT2D eigenvalue weighted by Crippen LogP contribution is -2.32. The summed E-state index contributed by atoms with van der Waals surface area (Å²) in [5.74, 6) is 0.809. The van der Waals surface area contributed by atoms with E-state index in [1.165, 1.54) is 5.56 Å². The van der Waals surface area contributed by atoms with Gasteiger partial charge in [-0.25, -0.2) is 4.79 Å². The first-order valence-electron chi connectivity index (χ1n) is 8.19. The highest BCUT2D eigenvalue weighted by Crippen LogP contribution is 2.24. The molecule has 0 aliphatic rings. The highest BCUT2D eigenvalue weighted by molar-refractivity contribution is 5.89. The van der Waals surface area contributed by atoms with E-state index in [4.69, 9.17) is 4.74 Å². The van der Waals surface area contributed by atoms with Crippen molar-refractivity contribution in [1.82, 2.24) is 5.32 Å². The maximum atomic E-state index is 11.8. The van der Waals surface area contributed by atoms with Crippen molar-refractivity contribution in [3.8, 4) is 5.75 Å². The van der Waals surface area contributed by atoms with Gasteiger partial charge in [-0.3, -0.25) is 0 Å². The summed E-state index contributed by atoms with van der Waals surface area (Å²) in [6, 6.07) is 15.5. The monoisotopic (exact) mass is 326 g/mol. The van der Waals surface area contributed by atoms with Crippen LogP contribution in [0.5, 0.6) is 5.75 Å². The topological polar surface area (TPSA) is 50.4 Å². The van der Waals surface area contributed by atoms with Gasteiger partial charge in [0.1, 0.15) is 12.4 Å². The van der Waals surface area contributed by atoms with Crippen molar-refractivity contribution in [2.45, 2.75) is 33.1 Å². The van der Waals surface area contributed by atoms with Crippen LogP contribution in [-0.2, 0) is 5.41 Å². The van der Waals surface area contributed by atoms with Crippen molar-refractivity contribution in [2.24, 2.45) is 0 Å². The zero-order valence-electron chi connectivity index (χ0n) is 14.8. The normalized spacial score (nSPS) is 11.0. The number of carbonyl (C=O) groups excluding carboxylic acids is 1. The number of rotatable bonds is 5. The molecule has 0 unspecified atom stereocenters. The third-order valence-corrected chi connectivity index (χ3v) is 3.69. The predicted octanol–water partition coefficient (Wildman–Crippen LogP) is 4.49. The molecule has 2 aromatic rings. The van der Waals surface area contributed by atoms with Gasteiger partial charge in [-0.05, 0) is 42.2 Å². The van der Waals surface area contributed by atoms with E-state index in [0.717, 1.165) is 17.0 Å². The molecule has 2 rings (SSSR count).